The highest BCUT2D eigenvalue weighted by Crippen LogP contribution is 2.13. The van der Waals surface area contributed by atoms with Crippen molar-refractivity contribution >= 4 is 11.8 Å². The van der Waals surface area contributed by atoms with Gasteiger partial charge in [0.25, 0.3) is 0 Å². The van der Waals surface area contributed by atoms with Crippen molar-refractivity contribution in [1.82, 2.24) is 0 Å². The fourth-order valence-electron chi connectivity index (χ4n) is 0.461. The lowest BCUT2D eigenvalue weighted by Crippen LogP contribution is -1.98. The van der Waals surface area contributed by atoms with Crippen LogP contribution in [0.15, 0.2) is 11.2 Å². The molecule has 0 unspecified atom stereocenters. The molecule has 0 aromatic rings. The summed E-state index contributed by atoms with van der Waals surface area (Å²) in [6, 6.07) is 0. The SMILES string of the molecule is CC1=CSCCO1. The van der Waals surface area contributed by atoms with Crippen molar-refractivity contribution in [2.75, 3.05) is 12.4 Å². The average Bonchev–Trinajstić information content (AvgIpc) is 1.69. The molecule has 0 aliphatic carbocycles. The second-order valence-electron chi connectivity index (χ2n) is 1.45. The molecule has 0 saturated carbocycles. The monoisotopic (exact) mass is 116 g/mol. The highest BCUT2D eigenvalue weighted by molar-refractivity contribution is 8.02. The van der Waals surface area contributed by atoms with Crippen LogP contribution in [0, 0.1) is 0 Å². The Kier molecular flexibility index (Phi) is 1.63. The summed E-state index contributed by atoms with van der Waals surface area (Å²) < 4.78 is 5.12. The molecular weight excluding hydrogens is 108 g/mol. The van der Waals surface area contributed by atoms with Gasteiger partial charge in [0, 0.05) is 11.2 Å². The van der Waals surface area contributed by atoms with Gasteiger partial charge >= 0.3 is 0 Å². The van der Waals surface area contributed by atoms with Crippen LogP contribution in [0.3, 0.4) is 0 Å². The molecule has 0 atom stereocenters. The Balaban J connectivity index is 2.40. The summed E-state index contributed by atoms with van der Waals surface area (Å²) >= 11 is 1.82. The third kappa shape index (κ3) is 1.43. The van der Waals surface area contributed by atoms with Crippen LogP contribution in [-0.4, -0.2) is 12.4 Å². The van der Waals surface area contributed by atoms with E-state index in [0.717, 1.165) is 18.1 Å². The molecule has 1 aliphatic heterocycles. The van der Waals surface area contributed by atoms with E-state index < -0.39 is 0 Å². The average molecular weight is 116 g/mol. The van der Waals surface area contributed by atoms with Gasteiger partial charge in [0.2, 0.25) is 0 Å². The maximum absolute atomic E-state index is 5.12. The van der Waals surface area contributed by atoms with E-state index >= 15 is 0 Å². The Morgan fingerprint density at radius 3 is 3.00 bits per heavy atom. The first-order chi connectivity index (χ1) is 3.39. The van der Waals surface area contributed by atoms with Crippen molar-refractivity contribution in [3.8, 4) is 0 Å². The van der Waals surface area contributed by atoms with Crippen molar-refractivity contribution in [2.24, 2.45) is 0 Å². The molecule has 0 radical (unpaired) electrons. The van der Waals surface area contributed by atoms with E-state index in [1.807, 2.05) is 24.1 Å². The van der Waals surface area contributed by atoms with Crippen molar-refractivity contribution < 1.29 is 4.74 Å². The molecule has 0 N–H and O–H groups in total. The third-order valence-electron chi connectivity index (χ3n) is 0.780. The van der Waals surface area contributed by atoms with Crippen molar-refractivity contribution in [3.63, 3.8) is 0 Å². The van der Waals surface area contributed by atoms with Crippen LogP contribution in [0.1, 0.15) is 6.92 Å². The number of hydrogen-bond acceptors (Lipinski definition) is 2. The topological polar surface area (TPSA) is 9.23 Å². The fraction of sp³-hybridized carbons (Fsp3) is 0.600. The molecule has 1 aliphatic rings. The van der Waals surface area contributed by atoms with Crippen LogP contribution < -0.4 is 0 Å². The van der Waals surface area contributed by atoms with Gasteiger partial charge in [-0.1, -0.05) is 0 Å². The first kappa shape index (κ1) is 5.04. The molecule has 7 heavy (non-hydrogen) atoms. The number of hydrogen-bond donors (Lipinski definition) is 0. The predicted octanol–water partition coefficient (Wildman–Crippen LogP) is 1.61. The minimum Gasteiger partial charge on any atom is -0.497 e. The zero-order valence-corrected chi connectivity index (χ0v) is 5.12. The Hall–Kier alpha value is -0.110. The van der Waals surface area contributed by atoms with Crippen LogP contribution in [0.4, 0.5) is 0 Å². The van der Waals surface area contributed by atoms with Crippen LogP contribution in [0.2, 0.25) is 0 Å². The van der Waals surface area contributed by atoms with Gasteiger partial charge in [-0.15, -0.1) is 11.8 Å². The van der Waals surface area contributed by atoms with Crippen LogP contribution in [-0.2, 0) is 4.74 Å². The van der Waals surface area contributed by atoms with E-state index in [4.69, 9.17) is 4.74 Å². The number of rotatable bonds is 0. The summed E-state index contributed by atoms with van der Waals surface area (Å²) in [6.07, 6.45) is 0. The molecule has 1 rings (SSSR count). The zero-order valence-electron chi connectivity index (χ0n) is 4.31. The maximum Gasteiger partial charge on any atom is 0.0992 e. The second-order valence-corrected chi connectivity index (χ2v) is 2.43. The van der Waals surface area contributed by atoms with Gasteiger partial charge in [0.1, 0.15) is 0 Å². The molecule has 2 heteroatoms. The lowest BCUT2D eigenvalue weighted by molar-refractivity contribution is 0.232. The lowest BCUT2D eigenvalue weighted by Gasteiger charge is -2.08. The molecule has 1 nitrogen and oxygen atoms in total. The first-order valence-corrected chi connectivity index (χ1v) is 3.35. The van der Waals surface area contributed by atoms with Gasteiger partial charge in [-0.3, -0.25) is 0 Å². The first-order valence-electron chi connectivity index (χ1n) is 2.31. The van der Waals surface area contributed by atoms with Crippen molar-refractivity contribution in [1.29, 1.82) is 0 Å². The largest absolute Gasteiger partial charge is 0.497 e. The van der Waals surface area contributed by atoms with E-state index in [1.165, 1.54) is 0 Å². The standard InChI is InChI=1S/C5H8OS/c1-5-4-7-3-2-6-5/h4H,2-3H2,1H3. The quantitative estimate of drug-likeness (QED) is 0.475. The van der Waals surface area contributed by atoms with Gasteiger partial charge < -0.3 is 4.74 Å². The van der Waals surface area contributed by atoms with Crippen LogP contribution >= 0.6 is 11.8 Å². The predicted molar refractivity (Wildman–Crippen MR) is 32.2 cm³/mol. The Morgan fingerprint density at radius 1 is 1.86 bits per heavy atom. The normalized spacial score (nSPS) is 20.4. The Labute approximate surface area is 47.7 Å². The number of thioether (sulfide) groups is 1. The molecule has 40 valence electrons. The lowest BCUT2D eigenvalue weighted by atomic mass is 10.6. The second kappa shape index (κ2) is 2.26. The Bertz CT molecular complexity index is 88.1. The van der Waals surface area contributed by atoms with Crippen LogP contribution in [0.5, 0.6) is 0 Å². The fourth-order valence-corrected chi connectivity index (χ4v) is 1.06. The molecule has 1 heterocycles. The van der Waals surface area contributed by atoms with Crippen molar-refractivity contribution in [3.05, 3.63) is 11.2 Å². The minimum absolute atomic E-state index is 0.882. The summed E-state index contributed by atoms with van der Waals surface area (Å²) in [5.41, 5.74) is 0. The Morgan fingerprint density at radius 2 is 2.71 bits per heavy atom. The van der Waals surface area contributed by atoms with Gasteiger partial charge in [0.15, 0.2) is 0 Å². The molecule has 0 aromatic heterocycles. The molecule has 0 saturated heterocycles. The van der Waals surface area contributed by atoms with Gasteiger partial charge in [-0.25, -0.2) is 0 Å². The highest BCUT2D eigenvalue weighted by Gasteiger charge is 1.95. The molecule has 0 spiro atoms. The maximum atomic E-state index is 5.12. The van der Waals surface area contributed by atoms with E-state index in [0.29, 0.717) is 0 Å². The molecule has 0 bridgehead atoms. The van der Waals surface area contributed by atoms with E-state index in [9.17, 15) is 0 Å². The van der Waals surface area contributed by atoms with Crippen LogP contribution in [0.25, 0.3) is 0 Å². The van der Waals surface area contributed by atoms with Gasteiger partial charge in [-0.2, -0.15) is 0 Å². The highest BCUT2D eigenvalue weighted by atomic mass is 32.2. The van der Waals surface area contributed by atoms with E-state index in [2.05, 4.69) is 0 Å². The minimum atomic E-state index is 0.882. The zero-order chi connectivity index (χ0) is 5.11. The van der Waals surface area contributed by atoms with E-state index in [-0.39, 0.29) is 0 Å². The van der Waals surface area contributed by atoms with E-state index in [1.54, 1.807) is 0 Å². The number of ether oxygens (including phenoxy) is 1. The summed E-state index contributed by atoms with van der Waals surface area (Å²) in [4.78, 5) is 0. The van der Waals surface area contributed by atoms with Crippen molar-refractivity contribution in [2.45, 2.75) is 6.92 Å². The summed E-state index contributed by atoms with van der Waals surface area (Å²) in [5, 5.41) is 2.05. The molecule has 0 aromatic carbocycles. The molecule has 0 amide bonds. The molecular formula is C5H8OS. The third-order valence-corrected chi connectivity index (χ3v) is 1.68. The van der Waals surface area contributed by atoms with Gasteiger partial charge in [-0.05, 0) is 6.92 Å². The molecule has 0 fully saturated rings. The summed E-state index contributed by atoms with van der Waals surface area (Å²) in [6.45, 7) is 2.86. The number of allylic oxidation sites excluding steroid dienone is 1. The smallest absolute Gasteiger partial charge is 0.0992 e. The summed E-state index contributed by atoms with van der Waals surface area (Å²) in [5.74, 6) is 2.16. The van der Waals surface area contributed by atoms with Gasteiger partial charge in [0.05, 0.1) is 12.4 Å². The summed E-state index contributed by atoms with van der Waals surface area (Å²) in [7, 11) is 0.